The molecule has 2 aliphatic heterocycles. The smallest absolute Gasteiger partial charge is 0.328 e. The van der Waals surface area contributed by atoms with E-state index in [0.717, 1.165) is 12.0 Å². The molecule has 7 nitrogen and oxygen atoms in total. The molecule has 7 heteroatoms. The first-order valence-corrected chi connectivity index (χ1v) is 11.9. The van der Waals surface area contributed by atoms with E-state index in [0.29, 0.717) is 25.2 Å². The number of ether oxygens (including phenoxy) is 2. The third-order valence-electron chi connectivity index (χ3n) is 7.61. The fourth-order valence-electron chi connectivity index (χ4n) is 5.43. The van der Waals surface area contributed by atoms with Crippen LogP contribution in [0.5, 0.6) is 0 Å². The van der Waals surface area contributed by atoms with Gasteiger partial charge in [-0.25, -0.2) is 4.79 Å². The van der Waals surface area contributed by atoms with Crippen molar-refractivity contribution in [3.63, 3.8) is 0 Å². The van der Waals surface area contributed by atoms with Gasteiger partial charge in [-0.05, 0) is 48.4 Å². The van der Waals surface area contributed by atoms with Crippen molar-refractivity contribution in [1.29, 1.82) is 0 Å². The number of carbonyl (C=O) groups is 3. The number of hydrogen-bond donors (Lipinski definition) is 1. The van der Waals surface area contributed by atoms with Crippen LogP contribution in [-0.2, 0) is 24.5 Å². The van der Waals surface area contributed by atoms with Crippen molar-refractivity contribution < 1.29 is 23.9 Å². The topological polar surface area (TPSA) is 84.9 Å². The predicted octanol–water partition coefficient (Wildman–Crippen LogP) is 2.68. The summed E-state index contributed by atoms with van der Waals surface area (Å²) < 4.78 is 10.7. The molecule has 0 bridgehead atoms. The number of benzene rings is 2. The van der Waals surface area contributed by atoms with Crippen molar-refractivity contribution in [2.75, 3.05) is 26.4 Å². The molecule has 2 saturated heterocycles. The number of esters is 1. The van der Waals surface area contributed by atoms with Gasteiger partial charge in [0.15, 0.2) is 0 Å². The van der Waals surface area contributed by atoms with Gasteiger partial charge in [0.05, 0.1) is 31.8 Å². The molecule has 2 aromatic carbocycles. The fraction of sp³-hybridized carbons (Fsp3) is 0.444. The molecule has 5 rings (SSSR count). The monoisotopic (exact) mass is 462 g/mol. The molecule has 3 aliphatic rings. The molecule has 1 saturated carbocycles. The third kappa shape index (κ3) is 3.78. The lowest BCUT2D eigenvalue weighted by Crippen LogP contribution is -2.48. The van der Waals surface area contributed by atoms with Gasteiger partial charge in [0.2, 0.25) is 5.91 Å². The molecule has 0 spiro atoms. The maximum Gasteiger partial charge on any atom is 0.328 e. The maximum absolute atomic E-state index is 13.0. The van der Waals surface area contributed by atoms with Gasteiger partial charge >= 0.3 is 5.97 Å². The quantitative estimate of drug-likeness (QED) is 0.640. The lowest BCUT2D eigenvalue weighted by molar-refractivity contribution is -0.153. The van der Waals surface area contributed by atoms with Crippen LogP contribution in [0.15, 0.2) is 54.6 Å². The average Bonchev–Trinajstić information content (AvgIpc) is 3.38. The Morgan fingerprint density at radius 1 is 1.03 bits per heavy atom. The summed E-state index contributed by atoms with van der Waals surface area (Å²) in [5.41, 5.74) is 2.56. The van der Waals surface area contributed by atoms with Crippen molar-refractivity contribution in [2.45, 2.75) is 44.2 Å². The third-order valence-corrected chi connectivity index (χ3v) is 7.61. The van der Waals surface area contributed by atoms with E-state index in [1.54, 1.807) is 24.0 Å². The lowest BCUT2D eigenvalue weighted by atomic mass is 9.73. The second kappa shape index (κ2) is 8.55. The number of amides is 2. The van der Waals surface area contributed by atoms with Gasteiger partial charge in [-0.2, -0.15) is 0 Å². The van der Waals surface area contributed by atoms with Crippen LogP contribution in [0.3, 0.4) is 0 Å². The Balaban J connectivity index is 1.23. The standard InChI is InChI=1S/C27H30N2O5/c1-3-34-25(32)21-13-26(2)14-22(26)29(21)23(30)15-28-24(31)18-9-11-20(12-10-18)27(16-33-17-27)19-7-5-4-6-8-19/h4-12,21-22H,3,13-17H2,1-2H3,(H,28,31)/t21-,22-,26+/m0/s1. The highest BCUT2D eigenvalue weighted by molar-refractivity contribution is 5.97. The molecule has 3 atom stereocenters. The molecule has 2 heterocycles. The molecule has 0 radical (unpaired) electrons. The number of rotatable bonds is 7. The minimum atomic E-state index is -0.564. The summed E-state index contributed by atoms with van der Waals surface area (Å²) in [6.45, 7) is 5.19. The molecular formula is C27H30N2O5. The van der Waals surface area contributed by atoms with E-state index in [1.165, 1.54) is 5.56 Å². The fourth-order valence-corrected chi connectivity index (χ4v) is 5.43. The number of nitrogens with one attached hydrogen (secondary N) is 1. The molecule has 0 unspecified atom stereocenters. The zero-order valence-corrected chi connectivity index (χ0v) is 19.6. The van der Waals surface area contributed by atoms with Crippen LogP contribution in [0, 0.1) is 5.41 Å². The van der Waals surface area contributed by atoms with Crippen LogP contribution in [0.1, 0.15) is 48.2 Å². The van der Waals surface area contributed by atoms with Gasteiger partial charge in [0, 0.05) is 11.6 Å². The van der Waals surface area contributed by atoms with Crippen LogP contribution in [0.2, 0.25) is 0 Å². The molecule has 34 heavy (non-hydrogen) atoms. The molecule has 3 fully saturated rings. The molecule has 178 valence electrons. The van der Waals surface area contributed by atoms with Crippen LogP contribution in [0.4, 0.5) is 0 Å². The summed E-state index contributed by atoms with van der Waals surface area (Å²) in [5.74, 6) is -0.925. The Bertz CT molecular complexity index is 1100. The normalized spacial score (nSPS) is 26.2. The van der Waals surface area contributed by atoms with E-state index in [2.05, 4.69) is 24.4 Å². The number of carbonyl (C=O) groups excluding carboxylic acids is 3. The highest BCUT2D eigenvalue weighted by Gasteiger charge is 2.64. The van der Waals surface area contributed by atoms with Crippen molar-refractivity contribution in [1.82, 2.24) is 10.2 Å². The average molecular weight is 463 g/mol. The first kappa shape index (κ1) is 22.6. The summed E-state index contributed by atoms with van der Waals surface area (Å²) in [6.07, 6.45) is 1.50. The molecule has 2 aromatic rings. The Morgan fingerprint density at radius 2 is 1.71 bits per heavy atom. The summed E-state index contributed by atoms with van der Waals surface area (Å²) in [6, 6.07) is 17.2. The van der Waals surface area contributed by atoms with Gasteiger partial charge in [0.1, 0.15) is 6.04 Å². The Kier molecular flexibility index (Phi) is 5.68. The van der Waals surface area contributed by atoms with Crippen molar-refractivity contribution in [2.24, 2.45) is 5.41 Å². The number of likely N-dealkylation sites (tertiary alicyclic amines) is 1. The lowest BCUT2D eigenvalue weighted by Gasteiger charge is -2.42. The number of piperidine rings is 1. The number of hydrogen-bond acceptors (Lipinski definition) is 5. The van der Waals surface area contributed by atoms with Gasteiger partial charge in [0.25, 0.3) is 5.91 Å². The zero-order chi connectivity index (χ0) is 23.9. The van der Waals surface area contributed by atoms with E-state index in [-0.39, 0.29) is 47.8 Å². The summed E-state index contributed by atoms with van der Waals surface area (Å²) in [7, 11) is 0. The molecule has 1 aliphatic carbocycles. The number of nitrogens with zero attached hydrogens (tertiary/aromatic N) is 1. The van der Waals surface area contributed by atoms with Gasteiger partial charge in [-0.1, -0.05) is 49.4 Å². The Hall–Kier alpha value is -3.19. The largest absolute Gasteiger partial charge is 0.464 e. The van der Waals surface area contributed by atoms with E-state index in [9.17, 15) is 14.4 Å². The maximum atomic E-state index is 13.0. The molecular weight excluding hydrogens is 432 g/mol. The SMILES string of the molecule is CCOC(=O)[C@@H]1C[C@]2(C)C[C@@H]2N1C(=O)CNC(=O)c1ccc(C2(c3ccccc3)COC2)cc1. The van der Waals surface area contributed by atoms with E-state index < -0.39 is 6.04 Å². The molecule has 0 aromatic heterocycles. The minimum absolute atomic E-state index is 0.0210. The Labute approximate surface area is 199 Å². The van der Waals surface area contributed by atoms with Crippen LogP contribution in [0.25, 0.3) is 0 Å². The second-order valence-electron chi connectivity index (χ2n) is 9.85. The summed E-state index contributed by atoms with van der Waals surface area (Å²) in [5, 5.41) is 2.73. The van der Waals surface area contributed by atoms with E-state index >= 15 is 0 Å². The van der Waals surface area contributed by atoms with Gasteiger partial charge in [-0.3, -0.25) is 9.59 Å². The predicted molar refractivity (Wildman–Crippen MR) is 125 cm³/mol. The zero-order valence-electron chi connectivity index (χ0n) is 19.6. The van der Waals surface area contributed by atoms with E-state index in [4.69, 9.17) is 9.47 Å². The van der Waals surface area contributed by atoms with Gasteiger partial charge < -0.3 is 19.7 Å². The summed E-state index contributed by atoms with van der Waals surface area (Å²) >= 11 is 0. The highest BCUT2D eigenvalue weighted by Crippen LogP contribution is 2.59. The van der Waals surface area contributed by atoms with Crippen molar-refractivity contribution >= 4 is 17.8 Å². The summed E-state index contributed by atoms with van der Waals surface area (Å²) in [4.78, 5) is 39.7. The molecule has 1 N–H and O–H groups in total. The first-order chi connectivity index (χ1) is 16.4. The van der Waals surface area contributed by atoms with Crippen molar-refractivity contribution in [3.05, 3.63) is 71.3 Å². The van der Waals surface area contributed by atoms with Gasteiger partial charge in [-0.15, -0.1) is 0 Å². The van der Waals surface area contributed by atoms with Crippen LogP contribution >= 0.6 is 0 Å². The first-order valence-electron chi connectivity index (χ1n) is 11.9. The van der Waals surface area contributed by atoms with Crippen molar-refractivity contribution in [3.8, 4) is 0 Å². The van der Waals surface area contributed by atoms with Crippen LogP contribution < -0.4 is 5.32 Å². The minimum Gasteiger partial charge on any atom is -0.464 e. The highest BCUT2D eigenvalue weighted by atomic mass is 16.5. The number of fused-ring (bicyclic) bond motifs is 1. The van der Waals surface area contributed by atoms with Crippen LogP contribution in [-0.4, -0.2) is 61.1 Å². The van der Waals surface area contributed by atoms with E-state index in [1.807, 2.05) is 30.3 Å². The Morgan fingerprint density at radius 3 is 2.32 bits per heavy atom. The molecule has 2 amide bonds. The second-order valence-corrected chi connectivity index (χ2v) is 9.85.